The van der Waals surface area contributed by atoms with Crippen LogP contribution in [-0.4, -0.2) is 62.3 Å². The third-order valence-electron chi connectivity index (χ3n) is 6.14. The van der Waals surface area contributed by atoms with Gasteiger partial charge in [0.15, 0.2) is 0 Å². The van der Waals surface area contributed by atoms with Crippen molar-refractivity contribution in [3.8, 4) is 0 Å². The van der Waals surface area contributed by atoms with Crippen LogP contribution < -0.4 is 20.7 Å². The number of nitrogens with two attached hydrogens (primary N) is 1. The molecular weight excluding hydrogens is 528 g/mol. The molecule has 5 N–H and O–H groups in total. The van der Waals surface area contributed by atoms with E-state index in [1.807, 2.05) is 30.3 Å². The van der Waals surface area contributed by atoms with Crippen LogP contribution in [0.3, 0.4) is 0 Å². The molecule has 2 aromatic carbocycles. The zero-order chi connectivity index (χ0) is 26.9. The second-order valence-electron chi connectivity index (χ2n) is 8.60. The maximum absolute atomic E-state index is 12.0. The highest BCUT2D eigenvalue weighted by Crippen LogP contribution is 2.28. The number of fused-ring (bicyclic) bond motifs is 1. The highest BCUT2D eigenvalue weighted by Gasteiger charge is 2.24. The first kappa shape index (κ1) is 25.7. The molecule has 38 heavy (non-hydrogen) atoms. The van der Waals surface area contributed by atoms with Gasteiger partial charge in [-0.1, -0.05) is 12.6 Å². The predicted octanol–water partition coefficient (Wildman–Crippen LogP) is 2.69. The summed E-state index contributed by atoms with van der Waals surface area (Å²) in [4.78, 5) is 14.3. The highest BCUT2D eigenvalue weighted by molar-refractivity contribution is 7.92. The van der Waals surface area contributed by atoms with Crippen molar-refractivity contribution in [2.75, 3.05) is 41.7 Å². The fraction of sp³-hybridized carbons (Fsp3) is 0.167. The van der Waals surface area contributed by atoms with E-state index in [0.717, 1.165) is 22.2 Å². The molecule has 14 heteroatoms. The average molecular weight is 555 g/mol. The Morgan fingerprint density at radius 2 is 1.66 bits per heavy atom. The number of rotatable bonds is 8. The predicted molar refractivity (Wildman–Crippen MR) is 148 cm³/mol. The number of hydrogen-bond acceptors (Lipinski definition) is 9. The van der Waals surface area contributed by atoms with E-state index >= 15 is 0 Å². The SMILES string of the molecule is C=CS(=O)(=O)N1CCN(c2ccc(Nc3nc(Nc4cccc(S(N)(=O)=O)c4)c4cc[nH]c4n3)cc2)CC1. The van der Waals surface area contributed by atoms with Gasteiger partial charge in [0.2, 0.25) is 26.0 Å². The van der Waals surface area contributed by atoms with Gasteiger partial charge in [-0.15, -0.1) is 0 Å². The van der Waals surface area contributed by atoms with Crippen LogP contribution >= 0.6 is 0 Å². The summed E-state index contributed by atoms with van der Waals surface area (Å²) in [5.74, 6) is 0.815. The summed E-state index contributed by atoms with van der Waals surface area (Å²) in [5, 5.41) is 13.3. The van der Waals surface area contributed by atoms with E-state index in [-0.39, 0.29) is 4.90 Å². The minimum Gasteiger partial charge on any atom is -0.369 e. The minimum absolute atomic E-state index is 0.0101. The molecule has 1 aliphatic rings. The second kappa shape index (κ2) is 10.1. The number of piperazine rings is 1. The fourth-order valence-corrected chi connectivity index (χ4v) is 5.61. The number of primary sulfonamides is 1. The molecule has 12 nitrogen and oxygen atoms in total. The number of aromatic nitrogens is 3. The third kappa shape index (κ3) is 5.47. The summed E-state index contributed by atoms with van der Waals surface area (Å²) in [6.07, 6.45) is 1.74. The number of aromatic amines is 1. The minimum atomic E-state index is -3.85. The summed E-state index contributed by atoms with van der Waals surface area (Å²) in [6.45, 7) is 5.34. The summed E-state index contributed by atoms with van der Waals surface area (Å²) < 4.78 is 48.9. The van der Waals surface area contributed by atoms with E-state index < -0.39 is 20.0 Å². The van der Waals surface area contributed by atoms with Crippen molar-refractivity contribution < 1.29 is 16.8 Å². The van der Waals surface area contributed by atoms with Crippen molar-refractivity contribution in [3.63, 3.8) is 0 Å². The van der Waals surface area contributed by atoms with Crippen LogP contribution in [0.5, 0.6) is 0 Å². The van der Waals surface area contributed by atoms with E-state index in [9.17, 15) is 16.8 Å². The first-order valence-electron chi connectivity index (χ1n) is 11.6. The van der Waals surface area contributed by atoms with Gasteiger partial charge < -0.3 is 20.5 Å². The molecule has 0 unspecified atom stereocenters. The van der Waals surface area contributed by atoms with Crippen molar-refractivity contribution >= 4 is 59.9 Å². The first-order chi connectivity index (χ1) is 18.1. The maximum atomic E-state index is 12.0. The van der Waals surface area contributed by atoms with Crippen LogP contribution in [0.25, 0.3) is 11.0 Å². The summed E-state index contributed by atoms with van der Waals surface area (Å²) in [7, 11) is -7.25. The van der Waals surface area contributed by atoms with E-state index in [2.05, 4.69) is 37.1 Å². The molecule has 1 aliphatic heterocycles. The quantitative estimate of drug-likeness (QED) is 0.256. The normalized spacial score (nSPS) is 14.9. The van der Waals surface area contributed by atoms with Gasteiger partial charge in [0, 0.05) is 54.8 Å². The summed E-state index contributed by atoms with van der Waals surface area (Å²) in [6, 6.07) is 15.7. The Balaban J connectivity index is 1.32. The van der Waals surface area contributed by atoms with Gasteiger partial charge >= 0.3 is 0 Å². The lowest BCUT2D eigenvalue weighted by atomic mass is 10.2. The van der Waals surface area contributed by atoms with Crippen LogP contribution in [-0.2, 0) is 20.0 Å². The molecule has 1 fully saturated rings. The van der Waals surface area contributed by atoms with Gasteiger partial charge in [0.05, 0.1) is 10.3 Å². The van der Waals surface area contributed by atoms with Crippen molar-refractivity contribution in [1.29, 1.82) is 0 Å². The second-order valence-corrected chi connectivity index (χ2v) is 12.0. The average Bonchev–Trinajstić information content (AvgIpc) is 3.38. The van der Waals surface area contributed by atoms with Gasteiger partial charge in [-0.2, -0.15) is 14.3 Å². The number of nitrogens with zero attached hydrogens (tertiary/aromatic N) is 4. The lowest BCUT2D eigenvalue weighted by molar-refractivity contribution is 0.390. The van der Waals surface area contributed by atoms with Crippen molar-refractivity contribution in [2.24, 2.45) is 5.14 Å². The Bertz CT molecular complexity index is 1700. The van der Waals surface area contributed by atoms with Crippen molar-refractivity contribution in [2.45, 2.75) is 4.90 Å². The number of nitrogens with one attached hydrogen (secondary N) is 3. The number of hydrogen-bond donors (Lipinski definition) is 4. The molecule has 4 aromatic rings. The third-order valence-corrected chi connectivity index (χ3v) is 8.56. The number of H-pyrrole nitrogens is 1. The standard InChI is InChI=1S/C24H26N8O4S2/c1-2-37(33,34)32-14-12-31(13-15-32)19-8-6-17(7-9-19)28-24-29-22-21(10-11-26-22)23(30-24)27-18-4-3-5-20(16-18)38(25,35)36/h2-11,16H,1,12-15H2,(H2,25,35,36)(H3,26,27,28,29,30). The number of anilines is 5. The van der Waals surface area contributed by atoms with Gasteiger partial charge in [-0.05, 0) is 48.5 Å². The summed E-state index contributed by atoms with van der Waals surface area (Å²) >= 11 is 0. The molecule has 0 saturated carbocycles. The molecule has 3 heterocycles. The van der Waals surface area contributed by atoms with Crippen LogP contribution in [0, 0.1) is 0 Å². The van der Waals surface area contributed by atoms with Crippen LogP contribution in [0.2, 0.25) is 0 Å². The molecule has 0 atom stereocenters. The number of benzene rings is 2. The van der Waals surface area contributed by atoms with E-state index in [1.54, 1.807) is 18.3 Å². The Morgan fingerprint density at radius 1 is 0.921 bits per heavy atom. The molecule has 0 bridgehead atoms. The molecule has 0 aliphatic carbocycles. The van der Waals surface area contributed by atoms with E-state index in [1.165, 1.54) is 16.4 Å². The molecule has 2 aromatic heterocycles. The lowest BCUT2D eigenvalue weighted by Crippen LogP contribution is -2.48. The Kier molecular flexibility index (Phi) is 6.79. The van der Waals surface area contributed by atoms with Crippen LogP contribution in [0.1, 0.15) is 0 Å². The lowest BCUT2D eigenvalue weighted by Gasteiger charge is -2.34. The molecule has 198 valence electrons. The monoisotopic (exact) mass is 554 g/mol. The topological polar surface area (TPSA) is 166 Å². The molecule has 5 rings (SSSR count). The van der Waals surface area contributed by atoms with Crippen LogP contribution in [0.4, 0.5) is 28.8 Å². The van der Waals surface area contributed by atoms with Crippen LogP contribution in [0.15, 0.2) is 77.7 Å². The molecular formula is C24H26N8O4S2. The largest absolute Gasteiger partial charge is 0.369 e. The van der Waals surface area contributed by atoms with Gasteiger partial charge in [0.25, 0.3) is 0 Å². The van der Waals surface area contributed by atoms with Gasteiger partial charge in [-0.25, -0.2) is 22.0 Å². The molecule has 0 amide bonds. The fourth-order valence-electron chi connectivity index (χ4n) is 4.17. The molecule has 0 spiro atoms. The smallest absolute Gasteiger partial charge is 0.238 e. The van der Waals surface area contributed by atoms with Gasteiger partial charge in [0.1, 0.15) is 11.5 Å². The Hall–Kier alpha value is -3.98. The van der Waals surface area contributed by atoms with E-state index in [4.69, 9.17) is 5.14 Å². The zero-order valence-electron chi connectivity index (χ0n) is 20.2. The summed E-state index contributed by atoms with van der Waals surface area (Å²) in [5.41, 5.74) is 2.84. The van der Waals surface area contributed by atoms with E-state index in [0.29, 0.717) is 49.3 Å². The Labute approximate surface area is 220 Å². The highest BCUT2D eigenvalue weighted by atomic mass is 32.2. The van der Waals surface area contributed by atoms with Gasteiger partial charge in [-0.3, -0.25) is 0 Å². The van der Waals surface area contributed by atoms with Crippen molar-refractivity contribution in [3.05, 3.63) is 72.8 Å². The first-order valence-corrected chi connectivity index (χ1v) is 14.7. The number of sulfonamides is 2. The van der Waals surface area contributed by atoms with Crippen molar-refractivity contribution in [1.82, 2.24) is 19.3 Å². The zero-order valence-corrected chi connectivity index (χ0v) is 21.8. The molecule has 0 radical (unpaired) electrons. The maximum Gasteiger partial charge on any atom is 0.238 e. The Morgan fingerprint density at radius 3 is 2.34 bits per heavy atom. The molecule has 1 saturated heterocycles.